The number of esters is 1. The Morgan fingerprint density at radius 2 is 1.67 bits per heavy atom. The maximum Gasteiger partial charge on any atom is 0.308 e. The maximum atomic E-state index is 13.9. The molecule has 2 aromatic carbocycles. The number of fused-ring (bicyclic) bond motifs is 1. The van der Waals surface area contributed by atoms with E-state index in [1.807, 2.05) is 32.0 Å². The van der Waals surface area contributed by atoms with Gasteiger partial charge in [-0.2, -0.15) is 0 Å². The average molecular weight is 500 g/mol. The lowest BCUT2D eigenvalue weighted by Crippen LogP contribution is -2.51. The van der Waals surface area contributed by atoms with Crippen LogP contribution in [0.15, 0.2) is 54.7 Å². The molecule has 3 aromatic rings. The van der Waals surface area contributed by atoms with Crippen LogP contribution in [0.2, 0.25) is 0 Å². The number of rotatable bonds is 11. The van der Waals surface area contributed by atoms with E-state index in [-0.39, 0.29) is 5.92 Å². The monoisotopic (exact) mass is 499 g/mol. The van der Waals surface area contributed by atoms with Crippen LogP contribution >= 0.6 is 0 Å². The first-order valence-electron chi connectivity index (χ1n) is 11.3. The SMILES string of the molecule is COC(=O)C[C@H](NC(=O)[C@@H](Nc1cccc2cccnc12)C(C)C)C(=O)COc1c(F)cccc1F. The van der Waals surface area contributed by atoms with Gasteiger partial charge in [-0.15, -0.1) is 0 Å². The van der Waals surface area contributed by atoms with Crippen molar-refractivity contribution in [2.24, 2.45) is 5.92 Å². The summed E-state index contributed by atoms with van der Waals surface area (Å²) < 4.78 is 37.4. The van der Waals surface area contributed by atoms with Crippen molar-refractivity contribution >= 4 is 34.3 Å². The van der Waals surface area contributed by atoms with Crippen LogP contribution in [0.25, 0.3) is 10.9 Å². The number of ether oxygens (including phenoxy) is 2. The minimum absolute atomic E-state index is 0.221. The molecule has 3 rings (SSSR count). The summed E-state index contributed by atoms with van der Waals surface area (Å²) in [7, 11) is 1.14. The molecule has 0 bridgehead atoms. The quantitative estimate of drug-likeness (QED) is 0.388. The van der Waals surface area contributed by atoms with Crippen LogP contribution in [0.3, 0.4) is 0 Å². The number of ketones is 1. The lowest BCUT2D eigenvalue weighted by atomic mass is 10.0. The summed E-state index contributed by atoms with van der Waals surface area (Å²) in [6.45, 7) is 2.86. The van der Waals surface area contributed by atoms with Gasteiger partial charge in [0.05, 0.1) is 24.7 Å². The molecule has 1 aromatic heterocycles. The number of aromatic nitrogens is 1. The van der Waals surface area contributed by atoms with Gasteiger partial charge in [-0.05, 0) is 30.2 Å². The molecular formula is C26H27F2N3O5. The third-order valence-electron chi connectivity index (χ3n) is 5.47. The van der Waals surface area contributed by atoms with Crippen LogP contribution in [0.1, 0.15) is 20.3 Å². The van der Waals surface area contributed by atoms with Gasteiger partial charge < -0.3 is 20.1 Å². The fraction of sp³-hybridized carbons (Fsp3) is 0.308. The fourth-order valence-electron chi connectivity index (χ4n) is 3.54. The second kappa shape index (κ2) is 12.1. The topological polar surface area (TPSA) is 107 Å². The zero-order chi connectivity index (χ0) is 26.2. The second-order valence-corrected chi connectivity index (χ2v) is 8.39. The van der Waals surface area contributed by atoms with Gasteiger partial charge in [0.2, 0.25) is 5.91 Å². The first-order chi connectivity index (χ1) is 17.2. The number of methoxy groups -OCH3 is 1. The summed E-state index contributed by atoms with van der Waals surface area (Å²) >= 11 is 0. The number of hydrogen-bond donors (Lipinski definition) is 2. The van der Waals surface area contributed by atoms with Gasteiger partial charge in [-0.25, -0.2) is 8.78 Å². The molecule has 0 aliphatic heterocycles. The normalized spacial score (nSPS) is 12.6. The Bertz CT molecular complexity index is 1230. The maximum absolute atomic E-state index is 13.9. The fourth-order valence-corrected chi connectivity index (χ4v) is 3.54. The molecule has 1 amide bonds. The van der Waals surface area contributed by atoms with Gasteiger partial charge in [0, 0.05) is 11.6 Å². The Balaban J connectivity index is 1.77. The smallest absolute Gasteiger partial charge is 0.308 e. The molecule has 0 radical (unpaired) electrons. The van der Waals surface area contributed by atoms with E-state index in [9.17, 15) is 23.2 Å². The lowest BCUT2D eigenvalue weighted by Gasteiger charge is -2.26. The number of para-hydroxylation sites is 2. The molecule has 10 heteroatoms. The summed E-state index contributed by atoms with van der Waals surface area (Å²) in [4.78, 5) is 42.4. The number of amides is 1. The molecule has 0 aliphatic rings. The van der Waals surface area contributed by atoms with E-state index in [0.29, 0.717) is 11.2 Å². The van der Waals surface area contributed by atoms with Crippen LogP contribution in [0.5, 0.6) is 5.75 Å². The van der Waals surface area contributed by atoms with E-state index in [1.165, 1.54) is 0 Å². The zero-order valence-corrected chi connectivity index (χ0v) is 20.1. The molecule has 0 spiro atoms. The predicted molar refractivity (Wildman–Crippen MR) is 129 cm³/mol. The number of carbonyl (C=O) groups is 3. The van der Waals surface area contributed by atoms with Gasteiger partial charge in [0.25, 0.3) is 0 Å². The number of Topliss-reactive ketones (excluding diaryl/α,β-unsaturated/α-hetero) is 1. The molecule has 0 saturated heterocycles. The van der Waals surface area contributed by atoms with Crippen LogP contribution in [0, 0.1) is 17.6 Å². The summed E-state index contributed by atoms with van der Waals surface area (Å²) in [5, 5.41) is 6.61. The number of anilines is 1. The molecule has 36 heavy (non-hydrogen) atoms. The molecule has 2 N–H and O–H groups in total. The van der Waals surface area contributed by atoms with Crippen molar-refractivity contribution in [1.29, 1.82) is 0 Å². The van der Waals surface area contributed by atoms with E-state index in [2.05, 4.69) is 20.4 Å². The molecule has 0 fully saturated rings. The lowest BCUT2D eigenvalue weighted by molar-refractivity contribution is -0.143. The van der Waals surface area contributed by atoms with E-state index < -0.39 is 60.2 Å². The van der Waals surface area contributed by atoms with E-state index >= 15 is 0 Å². The Morgan fingerprint density at radius 3 is 2.33 bits per heavy atom. The number of benzene rings is 2. The van der Waals surface area contributed by atoms with Crippen LogP contribution in [0.4, 0.5) is 14.5 Å². The largest absolute Gasteiger partial charge is 0.480 e. The molecule has 0 unspecified atom stereocenters. The van der Waals surface area contributed by atoms with Crippen molar-refractivity contribution in [3.63, 3.8) is 0 Å². The van der Waals surface area contributed by atoms with Crippen molar-refractivity contribution in [1.82, 2.24) is 10.3 Å². The highest BCUT2D eigenvalue weighted by molar-refractivity contribution is 5.96. The predicted octanol–water partition coefficient (Wildman–Crippen LogP) is 3.65. The summed E-state index contributed by atoms with van der Waals surface area (Å²) in [5.41, 5.74) is 1.29. The third-order valence-corrected chi connectivity index (χ3v) is 5.47. The van der Waals surface area contributed by atoms with Gasteiger partial charge in [0.15, 0.2) is 23.2 Å². The standard InChI is InChI=1S/C26H27F2N3O5/c1-15(2)23(30-19-11-4-7-16-8-6-12-29-24(16)19)26(34)31-20(13-22(33)35-3)21(32)14-36-25-17(27)9-5-10-18(25)28/h4-12,15,20,23,30H,13-14H2,1-3H3,(H,31,34)/t20-,23-/m0/s1. The van der Waals surface area contributed by atoms with Crippen LogP contribution in [-0.2, 0) is 19.1 Å². The molecule has 0 saturated carbocycles. The number of nitrogens with zero attached hydrogens (tertiary/aromatic N) is 1. The highest BCUT2D eigenvalue weighted by Gasteiger charge is 2.30. The number of pyridine rings is 1. The molecule has 1 heterocycles. The van der Waals surface area contributed by atoms with Crippen molar-refractivity contribution in [3.05, 3.63) is 66.4 Å². The van der Waals surface area contributed by atoms with Gasteiger partial charge in [-0.3, -0.25) is 19.4 Å². The van der Waals surface area contributed by atoms with Gasteiger partial charge >= 0.3 is 5.97 Å². The first kappa shape index (κ1) is 26.5. The number of halogens is 2. The molecular weight excluding hydrogens is 472 g/mol. The highest BCUT2D eigenvalue weighted by Crippen LogP contribution is 2.23. The summed E-state index contributed by atoms with van der Waals surface area (Å²) in [6.07, 6.45) is 1.16. The number of carbonyl (C=O) groups excluding carboxylic acids is 3. The molecule has 2 atom stereocenters. The van der Waals surface area contributed by atoms with Crippen LogP contribution in [-0.4, -0.2) is 48.4 Å². The third kappa shape index (κ3) is 6.53. The number of hydrogen-bond acceptors (Lipinski definition) is 7. The van der Waals surface area contributed by atoms with Crippen molar-refractivity contribution in [2.75, 3.05) is 19.0 Å². The van der Waals surface area contributed by atoms with Crippen LogP contribution < -0.4 is 15.4 Å². The Labute approximate surface area is 207 Å². The average Bonchev–Trinajstić information content (AvgIpc) is 2.86. The van der Waals surface area contributed by atoms with Gasteiger partial charge in [0.1, 0.15) is 18.7 Å². The van der Waals surface area contributed by atoms with E-state index in [4.69, 9.17) is 4.74 Å². The summed E-state index contributed by atoms with van der Waals surface area (Å²) in [6, 6.07) is 10.2. The van der Waals surface area contributed by atoms with Crippen molar-refractivity contribution in [3.8, 4) is 5.75 Å². The van der Waals surface area contributed by atoms with E-state index in [0.717, 1.165) is 30.7 Å². The van der Waals surface area contributed by atoms with E-state index in [1.54, 1.807) is 18.3 Å². The molecule has 8 nitrogen and oxygen atoms in total. The van der Waals surface area contributed by atoms with Gasteiger partial charge in [-0.1, -0.05) is 38.1 Å². The first-order valence-corrected chi connectivity index (χ1v) is 11.3. The molecule has 190 valence electrons. The van der Waals surface area contributed by atoms with Crippen molar-refractivity contribution in [2.45, 2.75) is 32.4 Å². The number of nitrogens with one attached hydrogen (secondary N) is 2. The molecule has 0 aliphatic carbocycles. The minimum Gasteiger partial charge on any atom is -0.480 e. The summed E-state index contributed by atoms with van der Waals surface area (Å²) in [5.74, 6) is -4.98. The Hall–Kier alpha value is -4.08. The highest BCUT2D eigenvalue weighted by atomic mass is 19.1. The van der Waals surface area contributed by atoms with Crippen molar-refractivity contribution < 1.29 is 32.6 Å². The zero-order valence-electron chi connectivity index (χ0n) is 20.1. The minimum atomic E-state index is -1.34. The second-order valence-electron chi connectivity index (χ2n) is 8.39. The Kier molecular flexibility index (Phi) is 8.88. The Morgan fingerprint density at radius 1 is 1.00 bits per heavy atom.